The lowest BCUT2D eigenvalue weighted by molar-refractivity contribution is 0.332. The van der Waals surface area contributed by atoms with Gasteiger partial charge in [0.2, 0.25) is 0 Å². The van der Waals surface area contributed by atoms with E-state index in [4.69, 9.17) is 0 Å². The zero-order valence-corrected chi connectivity index (χ0v) is 45.9. The third-order valence-corrected chi connectivity index (χ3v) is 19.2. The van der Waals surface area contributed by atoms with Gasteiger partial charge >= 0.3 is 0 Å². The summed E-state index contributed by atoms with van der Waals surface area (Å²) >= 11 is 4.01. The average molecular weight is 945 g/mol. The highest BCUT2D eigenvalue weighted by atomic mass is 32.1. The lowest BCUT2D eigenvalue weighted by atomic mass is 9.35. The molecule has 11 rings (SSSR count). The first-order valence-electron chi connectivity index (χ1n) is 26.1. The maximum absolute atomic E-state index is 2.75. The Balaban J connectivity index is 1.28. The molecule has 8 aromatic rings. The molecule has 2 nitrogen and oxygen atoms in total. The van der Waals surface area contributed by atoms with Crippen LogP contribution in [0.15, 0.2) is 97.1 Å². The van der Waals surface area contributed by atoms with Crippen LogP contribution in [0.2, 0.25) is 0 Å². The summed E-state index contributed by atoms with van der Waals surface area (Å²) in [6.07, 6.45) is 7.02. The first kappa shape index (κ1) is 46.5. The second kappa shape index (κ2) is 15.8. The SMILES string of the molecule is CCCCC(C)(C)c1ccc(N2c3cc4c(cc3B3c5sc6ccc(C(C)(C)C)cc6c5N(c5ccc(C(C)(C)C)c6sc7ccccc7c56)c5cc(C)cc2c53)C(C)(C)CCC4(C)C)cc1CC. The zero-order chi connectivity index (χ0) is 48.9. The van der Waals surface area contributed by atoms with E-state index in [-0.39, 0.29) is 33.8 Å². The van der Waals surface area contributed by atoms with E-state index in [2.05, 4.69) is 211 Å². The Labute approximate surface area is 422 Å². The van der Waals surface area contributed by atoms with Gasteiger partial charge in [0, 0.05) is 57.8 Å². The maximum atomic E-state index is 2.75. The molecule has 0 saturated carbocycles. The summed E-state index contributed by atoms with van der Waals surface area (Å²) in [7, 11) is 0. The Morgan fingerprint density at radius 1 is 0.623 bits per heavy atom. The topological polar surface area (TPSA) is 6.48 Å². The average Bonchev–Trinajstić information content (AvgIpc) is 3.87. The molecular formula is C64H73BN2S2. The molecule has 2 aromatic heterocycles. The fourth-order valence-corrected chi connectivity index (χ4v) is 15.4. The number of rotatable bonds is 7. The van der Waals surface area contributed by atoms with Crippen molar-refractivity contribution >= 4 is 109 Å². The van der Waals surface area contributed by atoms with E-state index in [9.17, 15) is 0 Å². The van der Waals surface area contributed by atoms with E-state index in [1.165, 1.54) is 151 Å². The van der Waals surface area contributed by atoms with E-state index in [1.54, 1.807) is 0 Å². The van der Waals surface area contributed by atoms with Gasteiger partial charge in [0.1, 0.15) is 0 Å². The molecule has 354 valence electrons. The standard InChI is InChI=1S/C64H73BN2S2/c1-16-18-29-62(10,11)44-25-24-41(34-39(44)17-2)66-50-37-47-46(63(12,13)30-31-64(47,14)15)36-48(50)65-56-51(66)32-38(3)33-52(56)67(57-43-35-40(60(4,5)6)23-28-54(43)69-59(57)65)49-27-26-45(61(7,8)9)58-55(49)42-21-19-20-22-53(42)68-58/h19-28,32-37H,16-18,29-31H2,1-15H3. The molecule has 0 atom stereocenters. The van der Waals surface area contributed by atoms with Crippen molar-refractivity contribution in [3.63, 3.8) is 0 Å². The van der Waals surface area contributed by atoms with Crippen LogP contribution in [-0.2, 0) is 33.5 Å². The third kappa shape index (κ3) is 7.20. The number of unbranched alkanes of at least 4 members (excludes halogenated alkanes) is 1. The van der Waals surface area contributed by atoms with Crippen LogP contribution in [0, 0.1) is 6.92 Å². The molecule has 69 heavy (non-hydrogen) atoms. The monoisotopic (exact) mass is 945 g/mol. The van der Waals surface area contributed by atoms with Crippen LogP contribution in [0.3, 0.4) is 0 Å². The van der Waals surface area contributed by atoms with Gasteiger partial charge in [-0.25, -0.2) is 0 Å². The molecule has 0 bridgehead atoms. The molecule has 0 unspecified atom stereocenters. The van der Waals surface area contributed by atoms with Crippen molar-refractivity contribution in [2.45, 2.75) is 169 Å². The van der Waals surface area contributed by atoms with Gasteiger partial charge < -0.3 is 9.80 Å². The van der Waals surface area contributed by atoms with Gasteiger partial charge in [-0.3, -0.25) is 0 Å². The minimum atomic E-state index is -0.0151. The van der Waals surface area contributed by atoms with E-state index >= 15 is 0 Å². The Morgan fingerprint density at radius 3 is 1.97 bits per heavy atom. The number of fused-ring (bicyclic) bond motifs is 10. The van der Waals surface area contributed by atoms with Crippen molar-refractivity contribution in [2.24, 2.45) is 0 Å². The van der Waals surface area contributed by atoms with Gasteiger partial charge in [-0.15, -0.1) is 22.7 Å². The summed E-state index contributed by atoms with van der Waals surface area (Å²) < 4.78 is 5.57. The van der Waals surface area contributed by atoms with Crippen molar-refractivity contribution in [3.8, 4) is 0 Å². The van der Waals surface area contributed by atoms with Gasteiger partial charge in [-0.1, -0.05) is 152 Å². The Bertz CT molecular complexity index is 3400. The molecule has 2 aliphatic heterocycles. The largest absolute Gasteiger partial charge is 0.311 e. The smallest absolute Gasteiger partial charge is 0.264 e. The second-order valence-electron chi connectivity index (χ2n) is 25.2. The fourth-order valence-electron chi connectivity index (χ4n) is 12.7. The molecule has 1 aliphatic carbocycles. The van der Waals surface area contributed by atoms with Gasteiger partial charge in [-0.05, 0) is 164 Å². The summed E-state index contributed by atoms with van der Waals surface area (Å²) in [5.74, 6) is 0. The van der Waals surface area contributed by atoms with Crippen LogP contribution < -0.4 is 25.5 Å². The number of thiophene rings is 2. The zero-order valence-electron chi connectivity index (χ0n) is 44.3. The molecule has 0 amide bonds. The van der Waals surface area contributed by atoms with Crippen molar-refractivity contribution in [3.05, 3.63) is 136 Å². The molecule has 5 heteroatoms. The lowest BCUT2D eigenvalue weighted by Crippen LogP contribution is -2.61. The van der Waals surface area contributed by atoms with Gasteiger partial charge in [0.15, 0.2) is 0 Å². The molecule has 4 heterocycles. The third-order valence-electron chi connectivity index (χ3n) is 16.8. The second-order valence-corrected chi connectivity index (χ2v) is 27.3. The van der Waals surface area contributed by atoms with E-state index < -0.39 is 0 Å². The lowest BCUT2D eigenvalue weighted by Gasteiger charge is -2.47. The predicted octanol–water partition coefficient (Wildman–Crippen LogP) is 17.6. The minimum Gasteiger partial charge on any atom is -0.311 e. The number of benzene rings is 6. The van der Waals surface area contributed by atoms with Crippen molar-refractivity contribution in [1.29, 1.82) is 0 Å². The maximum Gasteiger partial charge on any atom is 0.264 e. The van der Waals surface area contributed by atoms with Crippen molar-refractivity contribution < 1.29 is 0 Å². The van der Waals surface area contributed by atoms with Crippen LogP contribution in [0.1, 0.15) is 168 Å². The normalized spacial score (nSPS) is 16.3. The Hall–Kier alpha value is -4.84. The van der Waals surface area contributed by atoms with Crippen LogP contribution in [0.4, 0.5) is 34.1 Å². The first-order chi connectivity index (χ1) is 32.5. The number of hydrogen-bond acceptors (Lipinski definition) is 4. The van der Waals surface area contributed by atoms with E-state index in [0.717, 1.165) is 6.42 Å². The summed E-state index contributed by atoms with van der Waals surface area (Å²) in [6.45, 7) is 36.2. The Morgan fingerprint density at radius 2 is 1.29 bits per heavy atom. The van der Waals surface area contributed by atoms with Gasteiger partial charge in [-0.2, -0.15) is 0 Å². The van der Waals surface area contributed by atoms with Crippen LogP contribution >= 0.6 is 22.7 Å². The van der Waals surface area contributed by atoms with E-state index in [1.807, 2.05) is 22.7 Å². The van der Waals surface area contributed by atoms with Gasteiger partial charge in [0.05, 0.1) is 11.4 Å². The van der Waals surface area contributed by atoms with Crippen LogP contribution in [0.25, 0.3) is 30.3 Å². The quantitative estimate of drug-likeness (QED) is 0.147. The number of anilines is 6. The fraction of sp³-hybridized carbons (Fsp3) is 0.406. The molecule has 6 aromatic carbocycles. The van der Waals surface area contributed by atoms with Crippen molar-refractivity contribution in [1.82, 2.24) is 0 Å². The number of aryl methyl sites for hydroxylation is 2. The molecule has 0 N–H and O–H groups in total. The molecule has 0 radical (unpaired) electrons. The molecule has 3 aliphatic rings. The summed E-state index contributed by atoms with van der Waals surface area (Å²) in [5, 5.41) is 4.08. The highest BCUT2D eigenvalue weighted by Crippen LogP contribution is 2.55. The number of nitrogens with zero attached hydrogens (tertiary/aromatic N) is 2. The molecule has 0 spiro atoms. The molecular weight excluding hydrogens is 872 g/mol. The Kier molecular flexibility index (Phi) is 10.7. The van der Waals surface area contributed by atoms with Crippen molar-refractivity contribution in [2.75, 3.05) is 9.80 Å². The summed E-state index contributed by atoms with van der Waals surface area (Å²) in [4.78, 5) is 5.46. The highest BCUT2D eigenvalue weighted by molar-refractivity contribution is 7.33. The van der Waals surface area contributed by atoms with E-state index in [0.29, 0.717) is 0 Å². The van der Waals surface area contributed by atoms with Crippen LogP contribution in [-0.4, -0.2) is 6.71 Å². The minimum absolute atomic E-state index is 0.00283. The predicted molar refractivity (Wildman–Crippen MR) is 308 cm³/mol. The molecule has 0 saturated heterocycles. The number of hydrogen-bond donors (Lipinski definition) is 0. The summed E-state index contributed by atoms with van der Waals surface area (Å²) in [5.41, 5.74) is 21.1. The summed E-state index contributed by atoms with van der Waals surface area (Å²) in [6, 6.07) is 39.5. The van der Waals surface area contributed by atoms with Gasteiger partial charge in [0.25, 0.3) is 6.71 Å². The van der Waals surface area contributed by atoms with Crippen LogP contribution in [0.5, 0.6) is 0 Å². The first-order valence-corrected chi connectivity index (χ1v) is 27.8. The highest BCUT2D eigenvalue weighted by Gasteiger charge is 2.48. The molecule has 0 fully saturated rings.